The molecule has 0 spiro atoms. The van der Waals surface area contributed by atoms with Gasteiger partial charge in [0.2, 0.25) is 0 Å². The van der Waals surface area contributed by atoms with Gasteiger partial charge in [-0.3, -0.25) is 0 Å². The van der Waals surface area contributed by atoms with Crippen LogP contribution in [0.5, 0.6) is 0 Å². The van der Waals surface area contributed by atoms with Crippen molar-refractivity contribution < 1.29 is 19.8 Å². The number of fused-ring (bicyclic) bond motifs is 2. The third-order valence-electron chi connectivity index (χ3n) is 9.28. The number of carboxylic acids is 2. The Labute approximate surface area is 299 Å². The molecule has 1 aliphatic rings. The van der Waals surface area contributed by atoms with E-state index in [0.717, 1.165) is 68.8 Å². The van der Waals surface area contributed by atoms with Gasteiger partial charge < -0.3 is 10.2 Å². The van der Waals surface area contributed by atoms with Crippen LogP contribution in [0.4, 0.5) is 0 Å². The maximum absolute atomic E-state index is 11.2. The first-order chi connectivity index (χ1) is 24.5. The molecule has 11 heteroatoms. The van der Waals surface area contributed by atoms with Crippen molar-refractivity contribution in [1.29, 1.82) is 0 Å². The molecule has 0 aliphatic heterocycles. The molecule has 51 heavy (non-hydrogen) atoms. The van der Waals surface area contributed by atoms with Crippen LogP contribution in [0.1, 0.15) is 80.1 Å². The first-order valence-electron chi connectivity index (χ1n) is 16.6. The zero-order valence-electron chi connectivity index (χ0n) is 28.3. The van der Waals surface area contributed by atoms with Crippen molar-refractivity contribution in [3.8, 4) is 11.3 Å². The summed E-state index contributed by atoms with van der Waals surface area (Å²) in [6, 6.07) is 26.2. The Morgan fingerprint density at radius 2 is 1.35 bits per heavy atom. The van der Waals surface area contributed by atoms with Gasteiger partial charge in [0.1, 0.15) is 11.4 Å². The van der Waals surface area contributed by atoms with Crippen LogP contribution in [-0.2, 0) is 18.3 Å². The van der Waals surface area contributed by atoms with Gasteiger partial charge in [-0.2, -0.15) is 10.2 Å². The molecular weight excluding hydrogens is 664 g/mol. The van der Waals surface area contributed by atoms with Crippen molar-refractivity contribution in [2.75, 3.05) is 0 Å². The predicted molar refractivity (Wildman–Crippen MR) is 195 cm³/mol. The maximum Gasteiger partial charge on any atom is 0.354 e. The van der Waals surface area contributed by atoms with Gasteiger partial charge in [0, 0.05) is 58.7 Å². The number of aromatic nitrogens is 6. The molecule has 8 rings (SSSR count). The molecular formula is C40H35ClN6O4. The fraction of sp³-hybridized carbons (Fsp3) is 0.200. The van der Waals surface area contributed by atoms with Crippen molar-refractivity contribution in [2.45, 2.75) is 51.9 Å². The predicted octanol–water partition coefficient (Wildman–Crippen LogP) is 8.03. The standard InChI is InChI=1S/C21H16ClN3O2.C19H19N3O2/c1-13-10-19-16(11-15-8-5-9-18(23-15)21(26)27)20(14-6-3-2-4-7-14)24-25(19)12-17(13)22;1-12-6-7-16-14(10-13-4-3-5-15(20-13)18(23)24)17(19(2)8-9-19)21-22(16)11-12/h2-10,12H,11H2,1H3,(H,26,27);3-7,11H,8-10H2,1-2H3,(H,23,24). The van der Waals surface area contributed by atoms with Gasteiger partial charge in [0.15, 0.2) is 0 Å². The number of hydrogen-bond donors (Lipinski definition) is 2. The summed E-state index contributed by atoms with van der Waals surface area (Å²) in [6.07, 6.45) is 7.18. The Kier molecular flexibility index (Phi) is 8.86. The van der Waals surface area contributed by atoms with E-state index in [1.807, 2.05) is 66.2 Å². The molecule has 1 aliphatic carbocycles. The summed E-state index contributed by atoms with van der Waals surface area (Å²) in [4.78, 5) is 31.0. The van der Waals surface area contributed by atoms with E-state index >= 15 is 0 Å². The van der Waals surface area contributed by atoms with Gasteiger partial charge in [0.05, 0.1) is 27.4 Å². The molecule has 0 atom stereocenters. The summed E-state index contributed by atoms with van der Waals surface area (Å²) in [5.74, 6) is -2.04. The Morgan fingerprint density at radius 3 is 1.96 bits per heavy atom. The van der Waals surface area contributed by atoms with Crippen LogP contribution in [0, 0.1) is 13.8 Å². The van der Waals surface area contributed by atoms with Gasteiger partial charge in [-0.15, -0.1) is 0 Å². The van der Waals surface area contributed by atoms with E-state index in [9.17, 15) is 14.7 Å². The third-order valence-corrected chi connectivity index (χ3v) is 9.68. The average Bonchev–Trinajstić information content (AvgIpc) is 3.64. The van der Waals surface area contributed by atoms with Crippen LogP contribution < -0.4 is 0 Å². The summed E-state index contributed by atoms with van der Waals surface area (Å²) < 4.78 is 3.72. The number of hydrogen-bond acceptors (Lipinski definition) is 6. The highest BCUT2D eigenvalue weighted by Crippen LogP contribution is 2.49. The molecule has 0 radical (unpaired) electrons. The lowest BCUT2D eigenvalue weighted by Crippen LogP contribution is -2.07. The highest BCUT2D eigenvalue weighted by molar-refractivity contribution is 6.31. The molecule has 256 valence electrons. The molecule has 1 aromatic carbocycles. The third kappa shape index (κ3) is 6.95. The first-order valence-corrected chi connectivity index (χ1v) is 17.0. The number of carboxylic acid groups (broad SMARTS) is 2. The molecule has 1 saturated carbocycles. The molecule has 0 saturated heterocycles. The van der Waals surface area contributed by atoms with Crippen LogP contribution in [-0.4, -0.2) is 51.3 Å². The topological polar surface area (TPSA) is 135 Å². The number of rotatable bonds is 8. The van der Waals surface area contributed by atoms with Crippen LogP contribution >= 0.6 is 11.6 Å². The van der Waals surface area contributed by atoms with E-state index in [-0.39, 0.29) is 16.8 Å². The lowest BCUT2D eigenvalue weighted by molar-refractivity contribution is 0.0679. The number of carbonyl (C=O) groups is 2. The number of pyridine rings is 4. The molecule has 7 aromatic rings. The second-order valence-electron chi connectivity index (χ2n) is 13.2. The van der Waals surface area contributed by atoms with Crippen molar-refractivity contribution in [1.82, 2.24) is 29.2 Å². The Hall–Kier alpha value is -5.87. The molecule has 2 N–H and O–H groups in total. The van der Waals surface area contributed by atoms with Gasteiger partial charge in [-0.1, -0.05) is 67.1 Å². The Morgan fingerprint density at radius 1 is 0.745 bits per heavy atom. The first kappa shape index (κ1) is 33.6. The molecule has 6 heterocycles. The average molecular weight is 699 g/mol. The minimum Gasteiger partial charge on any atom is -0.477 e. The fourth-order valence-corrected chi connectivity index (χ4v) is 6.41. The van der Waals surface area contributed by atoms with Gasteiger partial charge in [-0.25, -0.2) is 28.6 Å². The molecule has 0 amide bonds. The lowest BCUT2D eigenvalue weighted by atomic mass is 9.97. The lowest BCUT2D eigenvalue weighted by Gasteiger charge is -2.08. The number of aromatic carboxylic acids is 2. The minimum absolute atomic E-state index is 0.0319. The van der Waals surface area contributed by atoms with E-state index in [1.54, 1.807) is 22.8 Å². The van der Waals surface area contributed by atoms with E-state index < -0.39 is 11.9 Å². The number of benzene rings is 1. The SMILES string of the molecule is Cc1cc2c(Cc3cccc(C(=O)O)n3)c(-c3ccccc3)nn2cc1Cl.Cc1ccc2c(Cc3cccc(C(=O)O)n3)c(C3(C)CC3)nn2c1. The summed E-state index contributed by atoms with van der Waals surface area (Å²) in [5.41, 5.74) is 10.9. The number of halogens is 1. The summed E-state index contributed by atoms with van der Waals surface area (Å²) >= 11 is 6.27. The Balaban J connectivity index is 0.000000160. The van der Waals surface area contributed by atoms with Crippen molar-refractivity contribution >= 4 is 34.6 Å². The highest BCUT2D eigenvalue weighted by atomic mass is 35.5. The molecule has 0 unspecified atom stereocenters. The molecule has 10 nitrogen and oxygen atoms in total. The quantitative estimate of drug-likeness (QED) is 0.163. The highest BCUT2D eigenvalue weighted by Gasteiger charge is 2.43. The molecule has 0 bridgehead atoms. The fourth-order valence-electron chi connectivity index (χ4n) is 6.26. The van der Waals surface area contributed by atoms with E-state index in [2.05, 4.69) is 35.9 Å². The number of aryl methyl sites for hydroxylation is 2. The van der Waals surface area contributed by atoms with Crippen molar-refractivity contribution in [3.63, 3.8) is 0 Å². The Bertz CT molecular complexity index is 2450. The molecule has 1 fully saturated rings. The summed E-state index contributed by atoms with van der Waals surface area (Å²) in [7, 11) is 0. The number of nitrogens with zero attached hydrogens (tertiary/aromatic N) is 6. The van der Waals surface area contributed by atoms with Crippen LogP contribution in [0.3, 0.4) is 0 Å². The smallest absolute Gasteiger partial charge is 0.354 e. The summed E-state index contributed by atoms with van der Waals surface area (Å²) in [6.45, 7) is 6.24. The van der Waals surface area contributed by atoms with Gasteiger partial charge >= 0.3 is 11.9 Å². The van der Waals surface area contributed by atoms with Crippen LogP contribution in [0.2, 0.25) is 5.02 Å². The largest absolute Gasteiger partial charge is 0.477 e. The van der Waals surface area contributed by atoms with Gasteiger partial charge in [0.25, 0.3) is 0 Å². The normalized spacial score (nSPS) is 13.2. The minimum atomic E-state index is -1.04. The van der Waals surface area contributed by atoms with E-state index in [0.29, 0.717) is 23.6 Å². The summed E-state index contributed by atoms with van der Waals surface area (Å²) in [5, 5.41) is 28.6. The maximum atomic E-state index is 11.2. The van der Waals surface area contributed by atoms with E-state index in [1.165, 1.54) is 12.1 Å². The van der Waals surface area contributed by atoms with E-state index in [4.69, 9.17) is 26.9 Å². The monoisotopic (exact) mass is 698 g/mol. The second-order valence-corrected chi connectivity index (χ2v) is 13.7. The second kappa shape index (κ2) is 13.4. The zero-order chi connectivity index (χ0) is 35.9. The van der Waals surface area contributed by atoms with Gasteiger partial charge in [-0.05, 0) is 74.2 Å². The van der Waals surface area contributed by atoms with Crippen molar-refractivity contribution in [2.24, 2.45) is 0 Å². The molecule has 6 aromatic heterocycles. The van der Waals surface area contributed by atoms with Crippen LogP contribution in [0.15, 0.2) is 97.3 Å². The zero-order valence-corrected chi connectivity index (χ0v) is 29.1. The van der Waals surface area contributed by atoms with Crippen LogP contribution in [0.25, 0.3) is 22.3 Å². The van der Waals surface area contributed by atoms with Crippen molar-refractivity contribution in [3.05, 3.63) is 153 Å².